The highest BCUT2D eigenvalue weighted by Gasteiger charge is 2.45. The zero-order chi connectivity index (χ0) is 20.0. The molecule has 1 atom stereocenters. The summed E-state index contributed by atoms with van der Waals surface area (Å²) in [5.74, 6) is -0.350. The van der Waals surface area contributed by atoms with Crippen molar-refractivity contribution in [3.8, 4) is 11.3 Å². The van der Waals surface area contributed by atoms with Crippen LogP contribution >= 0.6 is 11.6 Å². The summed E-state index contributed by atoms with van der Waals surface area (Å²) in [6.45, 7) is 0. The van der Waals surface area contributed by atoms with E-state index < -0.39 is 0 Å². The van der Waals surface area contributed by atoms with Gasteiger partial charge in [0.25, 0.3) is 5.91 Å². The van der Waals surface area contributed by atoms with Gasteiger partial charge in [-0.3, -0.25) is 9.89 Å². The van der Waals surface area contributed by atoms with Crippen LogP contribution in [0.25, 0.3) is 11.3 Å². The van der Waals surface area contributed by atoms with Crippen molar-refractivity contribution in [1.82, 2.24) is 15.1 Å². The van der Waals surface area contributed by atoms with E-state index in [1.54, 1.807) is 6.07 Å². The van der Waals surface area contributed by atoms with Crippen LogP contribution in [-0.4, -0.2) is 27.0 Å². The molecular weight excluding hydrogens is 389 g/mol. The number of aromatic nitrogens is 2. The summed E-state index contributed by atoms with van der Waals surface area (Å²) >= 11 is 6.05. The van der Waals surface area contributed by atoms with Gasteiger partial charge in [-0.1, -0.05) is 55.1 Å². The van der Waals surface area contributed by atoms with Gasteiger partial charge in [-0.15, -0.1) is 0 Å². The first kappa shape index (κ1) is 18.4. The summed E-state index contributed by atoms with van der Waals surface area (Å²) < 4.78 is 14.1. The lowest BCUT2D eigenvalue weighted by Gasteiger charge is -2.36. The number of nitrogens with zero attached hydrogens (tertiary/aromatic N) is 2. The SMILES string of the molecule is O=C1c2[nH]nc(-c3ccc(Cl)cc3)c2C(c2cccc(F)c2)N1C1CCCCC1. The molecule has 4 nitrogen and oxygen atoms in total. The zero-order valence-corrected chi connectivity index (χ0v) is 16.6. The van der Waals surface area contributed by atoms with Crippen molar-refractivity contribution in [1.29, 1.82) is 0 Å². The van der Waals surface area contributed by atoms with Crippen LogP contribution in [0.5, 0.6) is 0 Å². The van der Waals surface area contributed by atoms with Crippen LogP contribution in [-0.2, 0) is 0 Å². The van der Waals surface area contributed by atoms with Crippen LogP contribution in [0.1, 0.15) is 59.8 Å². The molecule has 0 radical (unpaired) electrons. The second kappa shape index (κ2) is 7.30. The van der Waals surface area contributed by atoms with E-state index in [1.165, 1.54) is 18.6 Å². The number of fused-ring (bicyclic) bond motifs is 1. The molecule has 1 saturated carbocycles. The maximum absolute atomic E-state index is 14.1. The van der Waals surface area contributed by atoms with Crippen molar-refractivity contribution in [2.45, 2.75) is 44.2 Å². The lowest BCUT2D eigenvalue weighted by Crippen LogP contribution is -2.40. The normalized spacial score (nSPS) is 19.6. The monoisotopic (exact) mass is 409 g/mol. The van der Waals surface area contributed by atoms with E-state index in [9.17, 15) is 9.18 Å². The van der Waals surface area contributed by atoms with Crippen molar-refractivity contribution in [3.63, 3.8) is 0 Å². The standard InChI is InChI=1S/C23H21ClFN3O/c24-16-11-9-14(10-12-16)20-19-21(27-26-20)23(29)28(18-7-2-1-3-8-18)22(19)15-5-4-6-17(25)13-15/h4-6,9-13,18,22H,1-3,7-8H2,(H,26,27). The highest BCUT2D eigenvalue weighted by atomic mass is 35.5. The van der Waals surface area contributed by atoms with Gasteiger partial charge in [0.05, 0.1) is 11.7 Å². The second-order valence-corrected chi connectivity index (χ2v) is 8.27. The van der Waals surface area contributed by atoms with E-state index in [0.29, 0.717) is 10.7 Å². The van der Waals surface area contributed by atoms with Crippen LogP contribution < -0.4 is 0 Å². The maximum atomic E-state index is 14.1. The first-order valence-corrected chi connectivity index (χ1v) is 10.4. The molecule has 29 heavy (non-hydrogen) atoms. The first-order chi connectivity index (χ1) is 14.1. The Morgan fingerprint density at radius 3 is 2.55 bits per heavy atom. The van der Waals surface area contributed by atoms with Crippen LogP contribution in [0.3, 0.4) is 0 Å². The Kier molecular flexibility index (Phi) is 4.63. The van der Waals surface area contributed by atoms with Crippen molar-refractivity contribution in [2.75, 3.05) is 0 Å². The number of benzene rings is 2. The molecule has 0 saturated heterocycles. The van der Waals surface area contributed by atoms with E-state index in [-0.39, 0.29) is 23.8 Å². The summed E-state index contributed by atoms with van der Waals surface area (Å²) in [7, 11) is 0. The van der Waals surface area contributed by atoms with E-state index in [2.05, 4.69) is 10.2 Å². The summed E-state index contributed by atoms with van der Waals surface area (Å²) in [5.41, 5.74) is 3.71. The van der Waals surface area contributed by atoms with Crippen LogP contribution in [0, 0.1) is 5.82 Å². The van der Waals surface area contributed by atoms with E-state index in [1.807, 2.05) is 35.2 Å². The number of hydrogen-bond acceptors (Lipinski definition) is 2. The average molecular weight is 410 g/mol. The highest BCUT2D eigenvalue weighted by Crippen LogP contribution is 2.45. The predicted molar refractivity (Wildman–Crippen MR) is 110 cm³/mol. The lowest BCUT2D eigenvalue weighted by atomic mass is 9.91. The lowest BCUT2D eigenvalue weighted by molar-refractivity contribution is 0.0606. The zero-order valence-electron chi connectivity index (χ0n) is 15.9. The van der Waals surface area contributed by atoms with Crippen LogP contribution in [0.2, 0.25) is 5.02 Å². The Morgan fingerprint density at radius 1 is 1.07 bits per heavy atom. The molecule has 2 heterocycles. The number of amides is 1. The fourth-order valence-electron chi connectivity index (χ4n) is 4.73. The van der Waals surface area contributed by atoms with Gasteiger partial charge in [0.1, 0.15) is 11.5 Å². The molecule has 1 aliphatic heterocycles. The Hall–Kier alpha value is -2.66. The molecule has 1 unspecified atom stereocenters. The third-order valence-corrected chi connectivity index (χ3v) is 6.31. The number of nitrogens with one attached hydrogen (secondary N) is 1. The van der Waals surface area contributed by atoms with Crippen molar-refractivity contribution in [3.05, 3.63) is 76.2 Å². The average Bonchev–Trinajstić information content (AvgIpc) is 3.28. The second-order valence-electron chi connectivity index (χ2n) is 7.83. The van der Waals surface area contributed by atoms with Gasteiger partial charge in [-0.2, -0.15) is 5.10 Å². The number of halogens is 2. The molecule has 1 amide bonds. The predicted octanol–water partition coefficient (Wildman–Crippen LogP) is 5.75. The van der Waals surface area contributed by atoms with Gasteiger partial charge in [-0.25, -0.2) is 4.39 Å². The molecule has 2 aliphatic rings. The molecular formula is C23H21ClFN3O. The summed E-state index contributed by atoms with van der Waals surface area (Å²) in [5, 5.41) is 8.06. The number of carbonyl (C=O) groups excluding carboxylic acids is 1. The molecule has 1 aliphatic carbocycles. The minimum absolute atomic E-state index is 0.0473. The first-order valence-electron chi connectivity index (χ1n) is 10.1. The number of rotatable bonds is 3. The fraction of sp³-hybridized carbons (Fsp3) is 0.304. The maximum Gasteiger partial charge on any atom is 0.273 e. The smallest absolute Gasteiger partial charge is 0.273 e. The highest BCUT2D eigenvalue weighted by molar-refractivity contribution is 6.30. The van der Waals surface area contributed by atoms with Crippen molar-refractivity contribution in [2.24, 2.45) is 0 Å². The van der Waals surface area contributed by atoms with Crippen molar-refractivity contribution < 1.29 is 9.18 Å². The molecule has 6 heteroatoms. The topological polar surface area (TPSA) is 49.0 Å². The molecule has 2 aromatic carbocycles. The Morgan fingerprint density at radius 2 is 1.83 bits per heavy atom. The van der Waals surface area contributed by atoms with E-state index >= 15 is 0 Å². The minimum Gasteiger partial charge on any atom is -0.323 e. The molecule has 1 N–H and O–H groups in total. The van der Waals surface area contributed by atoms with Crippen LogP contribution in [0.4, 0.5) is 4.39 Å². The molecule has 5 rings (SSSR count). The quantitative estimate of drug-likeness (QED) is 0.599. The summed E-state index contributed by atoms with van der Waals surface area (Å²) in [6.07, 6.45) is 5.38. The number of aromatic amines is 1. The summed E-state index contributed by atoms with van der Waals surface area (Å²) in [6, 6.07) is 13.8. The molecule has 3 aromatic rings. The Balaban J connectivity index is 1.67. The van der Waals surface area contributed by atoms with Gasteiger partial charge >= 0.3 is 0 Å². The minimum atomic E-state index is -0.347. The molecule has 1 aromatic heterocycles. The molecule has 0 bridgehead atoms. The van der Waals surface area contributed by atoms with Gasteiger partial charge in [0.2, 0.25) is 0 Å². The Bertz CT molecular complexity index is 1060. The summed E-state index contributed by atoms with van der Waals surface area (Å²) in [4.78, 5) is 15.4. The molecule has 0 spiro atoms. The van der Waals surface area contributed by atoms with Gasteiger partial charge in [-0.05, 0) is 42.7 Å². The van der Waals surface area contributed by atoms with Crippen LogP contribution in [0.15, 0.2) is 48.5 Å². The number of hydrogen-bond donors (Lipinski definition) is 1. The molecule has 148 valence electrons. The third-order valence-electron chi connectivity index (χ3n) is 6.05. The fourth-order valence-corrected chi connectivity index (χ4v) is 4.86. The van der Waals surface area contributed by atoms with Gasteiger partial charge in [0, 0.05) is 22.2 Å². The largest absolute Gasteiger partial charge is 0.323 e. The van der Waals surface area contributed by atoms with E-state index in [0.717, 1.165) is 48.1 Å². The van der Waals surface area contributed by atoms with Gasteiger partial charge < -0.3 is 4.90 Å². The molecule has 1 fully saturated rings. The number of carbonyl (C=O) groups is 1. The third kappa shape index (κ3) is 3.14. The van der Waals surface area contributed by atoms with E-state index in [4.69, 9.17) is 11.6 Å². The van der Waals surface area contributed by atoms with Gasteiger partial charge in [0.15, 0.2) is 0 Å². The number of H-pyrrole nitrogens is 1. The Labute approximate surface area is 173 Å². The van der Waals surface area contributed by atoms with Crippen molar-refractivity contribution >= 4 is 17.5 Å².